The normalized spacial score (nSPS) is 14.3. The molecule has 178 valence electrons. The van der Waals surface area contributed by atoms with Crippen molar-refractivity contribution in [3.05, 3.63) is 59.0 Å². The zero-order valence-electron chi connectivity index (χ0n) is 18.7. The second-order valence-corrected chi connectivity index (χ2v) is 7.96. The van der Waals surface area contributed by atoms with E-state index in [0.29, 0.717) is 22.7 Å². The number of benzene rings is 2. The number of hydrogen-bond donors (Lipinski definition) is 1. The molecule has 2 aromatic rings. The van der Waals surface area contributed by atoms with Crippen molar-refractivity contribution < 1.29 is 33.4 Å². The molecular weight excluding hydrogens is 460 g/mol. The lowest BCUT2D eigenvalue weighted by atomic mass is 10.1. The molecule has 0 aliphatic carbocycles. The monoisotopic (exact) mass is 484 g/mol. The zero-order valence-corrected chi connectivity index (χ0v) is 19.6. The van der Waals surface area contributed by atoms with E-state index in [1.807, 2.05) is 18.2 Å². The summed E-state index contributed by atoms with van der Waals surface area (Å²) in [6, 6.07) is 14.2. The summed E-state index contributed by atoms with van der Waals surface area (Å²) in [6.07, 6.45) is 1.58. The van der Waals surface area contributed by atoms with Crippen molar-refractivity contribution in [1.82, 2.24) is 4.90 Å². The Kier molecular flexibility index (Phi) is 8.69. The number of para-hydroxylation sites is 2. The van der Waals surface area contributed by atoms with Crippen molar-refractivity contribution in [2.24, 2.45) is 0 Å². The molecule has 3 rings (SSSR count). The summed E-state index contributed by atoms with van der Waals surface area (Å²) in [6.45, 7) is 1.40. The quantitative estimate of drug-likeness (QED) is 0.401. The van der Waals surface area contributed by atoms with Gasteiger partial charge in [-0.3, -0.25) is 24.1 Å². The molecule has 1 saturated heterocycles. The molecule has 0 aromatic heterocycles. The summed E-state index contributed by atoms with van der Waals surface area (Å²) in [5, 5.41) is 2.22. The van der Waals surface area contributed by atoms with Gasteiger partial charge in [0.25, 0.3) is 11.1 Å². The van der Waals surface area contributed by atoms with E-state index in [2.05, 4.69) is 5.32 Å². The molecule has 10 heteroatoms. The second-order valence-electron chi connectivity index (χ2n) is 6.96. The molecule has 9 nitrogen and oxygen atoms in total. The van der Waals surface area contributed by atoms with Crippen LogP contribution in [0.4, 0.5) is 10.5 Å². The van der Waals surface area contributed by atoms with E-state index >= 15 is 0 Å². The van der Waals surface area contributed by atoms with Gasteiger partial charge in [0, 0.05) is 11.3 Å². The highest BCUT2D eigenvalue weighted by atomic mass is 32.2. The van der Waals surface area contributed by atoms with Gasteiger partial charge in [-0.1, -0.05) is 30.3 Å². The highest BCUT2D eigenvalue weighted by molar-refractivity contribution is 8.18. The smallest absolute Gasteiger partial charge is 0.326 e. The number of amides is 3. The molecule has 1 N–H and O–H groups in total. The molecule has 1 fully saturated rings. The number of imide groups is 1. The molecule has 0 saturated carbocycles. The number of nitrogens with zero attached hydrogens (tertiary/aromatic N) is 1. The Morgan fingerprint density at radius 2 is 1.85 bits per heavy atom. The van der Waals surface area contributed by atoms with Crippen molar-refractivity contribution in [2.75, 3.05) is 32.2 Å². The standard InChI is InChI=1S/C24H24N2O7S/c1-3-32-21(28)15-26-23(29)19(34-24(26)30)14-16-8-7-11-18(31-2)22(16)33-13-12-20(27)25-17-9-5-4-6-10-17/h4-11,14H,3,12-13,15H2,1-2H3,(H,25,27)/b19-14+. The van der Waals surface area contributed by atoms with Crippen LogP contribution in [0.15, 0.2) is 53.4 Å². The number of esters is 1. The first-order valence-electron chi connectivity index (χ1n) is 10.5. The third-order valence-electron chi connectivity index (χ3n) is 4.62. The van der Waals surface area contributed by atoms with Crippen LogP contribution in [0.5, 0.6) is 11.5 Å². The third kappa shape index (κ3) is 6.38. The van der Waals surface area contributed by atoms with Gasteiger partial charge in [0.1, 0.15) is 6.54 Å². The summed E-state index contributed by atoms with van der Waals surface area (Å²) in [7, 11) is 1.47. The van der Waals surface area contributed by atoms with Crippen molar-refractivity contribution in [3.63, 3.8) is 0 Å². The molecule has 0 spiro atoms. The first-order chi connectivity index (χ1) is 16.4. The van der Waals surface area contributed by atoms with E-state index < -0.39 is 23.7 Å². The fourth-order valence-corrected chi connectivity index (χ4v) is 3.89. The minimum atomic E-state index is -0.662. The number of ether oxygens (including phenoxy) is 3. The van der Waals surface area contributed by atoms with Crippen LogP contribution in [0.1, 0.15) is 18.9 Å². The molecule has 1 aliphatic heterocycles. The Bertz CT molecular complexity index is 1100. The third-order valence-corrected chi connectivity index (χ3v) is 5.52. The Balaban J connectivity index is 1.71. The van der Waals surface area contributed by atoms with Gasteiger partial charge in [-0.2, -0.15) is 0 Å². The van der Waals surface area contributed by atoms with Gasteiger partial charge in [-0.15, -0.1) is 0 Å². The van der Waals surface area contributed by atoms with Gasteiger partial charge in [0.2, 0.25) is 5.91 Å². The average molecular weight is 485 g/mol. The van der Waals surface area contributed by atoms with Crippen LogP contribution >= 0.6 is 11.8 Å². The van der Waals surface area contributed by atoms with Crippen LogP contribution in [0.3, 0.4) is 0 Å². The Labute approximate surface area is 201 Å². The number of thioether (sulfide) groups is 1. The number of anilines is 1. The van der Waals surface area contributed by atoms with E-state index in [4.69, 9.17) is 14.2 Å². The van der Waals surface area contributed by atoms with Gasteiger partial charge >= 0.3 is 5.97 Å². The first-order valence-corrected chi connectivity index (χ1v) is 11.3. The first kappa shape index (κ1) is 24.8. The Morgan fingerprint density at radius 1 is 1.09 bits per heavy atom. The maximum atomic E-state index is 12.7. The number of carbonyl (C=O) groups excluding carboxylic acids is 4. The van der Waals surface area contributed by atoms with Gasteiger partial charge in [0.15, 0.2) is 11.5 Å². The lowest BCUT2D eigenvalue weighted by Crippen LogP contribution is -2.34. The molecular formula is C24H24N2O7S. The highest BCUT2D eigenvalue weighted by Gasteiger charge is 2.36. The number of methoxy groups -OCH3 is 1. The van der Waals surface area contributed by atoms with Gasteiger partial charge in [-0.05, 0) is 43.0 Å². The van der Waals surface area contributed by atoms with Crippen LogP contribution in [0.2, 0.25) is 0 Å². The fraction of sp³-hybridized carbons (Fsp3) is 0.250. The second kappa shape index (κ2) is 11.9. The average Bonchev–Trinajstić information content (AvgIpc) is 3.08. The summed E-state index contributed by atoms with van der Waals surface area (Å²) < 4.78 is 16.0. The highest BCUT2D eigenvalue weighted by Crippen LogP contribution is 2.37. The van der Waals surface area contributed by atoms with E-state index in [1.54, 1.807) is 37.3 Å². The van der Waals surface area contributed by atoms with Gasteiger partial charge in [0.05, 0.1) is 31.6 Å². The maximum absolute atomic E-state index is 12.7. The molecule has 0 atom stereocenters. The van der Waals surface area contributed by atoms with Crippen LogP contribution in [0, 0.1) is 0 Å². The van der Waals surface area contributed by atoms with E-state index in [-0.39, 0.29) is 30.4 Å². The maximum Gasteiger partial charge on any atom is 0.326 e. The molecule has 34 heavy (non-hydrogen) atoms. The largest absolute Gasteiger partial charge is 0.493 e. The minimum absolute atomic E-state index is 0.0597. The predicted octanol–water partition coefficient (Wildman–Crippen LogP) is 3.70. The van der Waals surface area contributed by atoms with E-state index in [1.165, 1.54) is 13.2 Å². The topological polar surface area (TPSA) is 111 Å². The molecule has 0 bridgehead atoms. The molecule has 3 amide bonds. The van der Waals surface area contributed by atoms with E-state index in [0.717, 1.165) is 16.7 Å². The number of carbonyl (C=O) groups is 4. The molecule has 1 aliphatic rings. The molecule has 0 unspecified atom stereocenters. The van der Waals surface area contributed by atoms with Crippen molar-refractivity contribution in [1.29, 1.82) is 0 Å². The van der Waals surface area contributed by atoms with Crippen LogP contribution in [0.25, 0.3) is 6.08 Å². The van der Waals surface area contributed by atoms with Crippen molar-refractivity contribution >= 4 is 46.5 Å². The predicted molar refractivity (Wildman–Crippen MR) is 127 cm³/mol. The van der Waals surface area contributed by atoms with Crippen molar-refractivity contribution in [3.8, 4) is 11.5 Å². The fourth-order valence-electron chi connectivity index (χ4n) is 3.07. The van der Waals surface area contributed by atoms with Crippen LogP contribution in [-0.4, -0.2) is 54.8 Å². The molecule has 0 radical (unpaired) electrons. The summed E-state index contributed by atoms with van der Waals surface area (Å²) in [5.41, 5.74) is 1.17. The molecule has 1 heterocycles. The van der Waals surface area contributed by atoms with Crippen LogP contribution in [-0.2, 0) is 19.1 Å². The number of nitrogens with one attached hydrogen (secondary N) is 1. The Morgan fingerprint density at radius 3 is 2.56 bits per heavy atom. The lowest BCUT2D eigenvalue weighted by Gasteiger charge is -2.14. The summed E-state index contributed by atoms with van der Waals surface area (Å²) in [5.74, 6) is -0.746. The van der Waals surface area contributed by atoms with Crippen LogP contribution < -0.4 is 14.8 Å². The zero-order chi connectivity index (χ0) is 24.5. The summed E-state index contributed by atoms with van der Waals surface area (Å²) >= 11 is 0.719. The lowest BCUT2D eigenvalue weighted by molar-refractivity contribution is -0.146. The van der Waals surface area contributed by atoms with Gasteiger partial charge in [-0.25, -0.2) is 0 Å². The van der Waals surface area contributed by atoms with Gasteiger partial charge < -0.3 is 19.5 Å². The molecule has 2 aromatic carbocycles. The summed E-state index contributed by atoms with van der Waals surface area (Å²) in [4.78, 5) is 49.8. The SMILES string of the molecule is CCOC(=O)CN1C(=O)S/C(=C/c2cccc(OC)c2OCCC(=O)Nc2ccccc2)C1=O. The number of hydrogen-bond acceptors (Lipinski definition) is 8. The van der Waals surface area contributed by atoms with E-state index in [9.17, 15) is 19.2 Å². The minimum Gasteiger partial charge on any atom is -0.493 e. The van der Waals surface area contributed by atoms with Crippen molar-refractivity contribution in [2.45, 2.75) is 13.3 Å². The Hall–Kier alpha value is -3.79. The number of rotatable bonds is 10.